The third kappa shape index (κ3) is 7.19. The number of aryl methyl sites for hydroxylation is 1. The minimum atomic E-state index is -4.12. The zero-order valence-electron chi connectivity index (χ0n) is 22.2. The Labute approximate surface area is 235 Å². The molecule has 7 nitrogen and oxygen atoms in total. The smallest absolute Gasteiger partial charge is 0.264 e. The number of carbonyl (C=O) groups excluding carboxylic acids is 2. The van der Waals surface area contributed by atoms with Gasteiger partial charge in [-0.15, -0.1) is 0 Å². The molecule has 1 aliphatic rings. The molecule has 1 N–H and O–H groups in total. The topological polar surface area (TPSA) is 86.8 Å². The average Bonchev–Trinajstić information content (AvgIpc) is 3.43. The van der Waals surface area contributed by atoms with Crippen molar-refractivity contribution in [2.45, 2.75) is 63.1 Å². The molecule has 0 bridgehead atoms. The number of hydrogen-bond acceptors (Lipinski definition) is 4. The van der Waals surface area contributed by atoms with E-state index in [4.69, 9.17) is 11.6 Å². The number of rotatable bonds is 10. The number of nitrogens with one attached hydrogen (secondary N) is 1. The molecule has 0 unspecified atom stereocenters. The molecule has 0 radical (unpaired) electrons. The van der Waals surface area contributed by atoms with Crippen LogP contribution in [0.3, 0.4) is 0 Å². The third-order valence-corrected chi connectivity index (χ3v) is 9.07. The Balaban J connectivity index is 1.66. The fraction of sp³-hybridized carbons (Fsp3) is 0.333. The first-order valence-corrected chi connectivity index (χ1v) is 15.0. The van der Waals surface area contributed by atoms with Crippen LogP contribution in [0.1, 0.15) is 43.7 Å². The number of nitrogens with zero attached hydrogens (tertiary/aromatic N) is 2. The summed E-state index contributed by atoms with van der Waals surface area (Å²) in [5, 5.41) is 3.49. The van der Waals surface area contributed by atoms with Crippen LogP contribution in [-0.2, 0) is 26.2 Å². The molecular formula is C30H34ClN3O4S. The summed E-state index contributed by atoms with van der Waals surface area (Å²) in [6, 6.07) is 21.3. The van der Waals surface area contributed by atoms with E-state index in [1.54, 1.807) is 37.3 Å². The van der Waals surface area contributed by atoms with Crippen molar-refractivity contribution >= 4 is 39.1 Å². The highest BCUT2D eigenvalue weighted by Gasteiger charge is 2.33. The summed E-state index contributed by atoms with van der Waals surface area (Å²) in [6.45, 7) is 3.35. The van der Waals surface area contributed by atoms with Crippen LogP contribution < -0.4 is 9.62 Å². The lowest BCUT2D eigenvalue weighted by Gasteiger charge is -2.32. The Kier molecular flexibility index (Phi) is 9.30. The normalized spacial score (nSPS) is 14.5. The number of halogens is 1. The van der Waals surface area contributed by atoms with Crippen LogP contribution in [0.5, 0.6) is 0 Å². The predicted molar refractivity (Wildman–Crippen MR) is 154 cm³/mol. The molecule has 1 atom stereocenters. The number of amides is 2. The quantitative estimate of drug-likeness (QED) is 0.359. The van der Waals surface area contributed by atoms with Crippen molar-refractivity contribution in [3.05, 3.63) is 95.0 Å². The maximum atomic E-state index is 14.0. The van der Waals surface area contributed by atoms with Gasteiger partial charge in [-0.1, -0.05) is 72.5 Å². The van der Waals surface area contributed by atoms with Gasteiger partial charge < -0.3 is 10.2 Å². The Morgan fingerprint density at radius 1 is 0.974 bits per heavy atom. The Morgan fingerprint density at radius 2 is 1.64 bits per heavy atom. The summed E-state index contributed by atoms with van der Waals surface area (Å²) < 4.78 is 28.6. The monoisotopic (exact) mass is 567 g/mol. The molecule has 2 amide bonds. The van der Waals surface area contributed by atoms with E-state index in [1.165, 1.54) is 29.2 Å². The van der Waals surface area contributed by atoms with Gasteiger partial charge in [-0.25, -0.2) is 8.42 Å². The highest BCUT2D eigenvalue weighted by atomic mass is 35.5. The molecule has 1 saturated carbocycles. The second-order valence-electron chi connectivity index (χ2n) is 9.98. The summed E-state index contributed by atoms with van der Waals surface area (Å²) in [5.74, 6) is -0.721. The Hall–Kier alpha value is -3.36. The lowest BCUT2D eigenvalue weighted by atomic mass is 10.1. The summed E-state index contributed by atoms with van der Waals surface area (Å²) in [7, 11) is -4.12. The van der Waals surface area contributed by atoms with Gasteiger partial charge >= 0.3 is 0 Å². The minimum Gasteiger partial charge on any atom is -0.352 e. The fourth-order valence-corrected chi connectivity index (χ4v) is 6.38. The van der Waals surface area contributed by atoms with Crippen molar-refractivity contribution in [2.24, 2.45) is 0 Å². The van der Waals surface area contributed by atoms with Crippen molar-refractivity contribution in [3.8, 4) is 0 Å². The van der Waals surface area contributed by atoms with E-state index in [0.29, 0.717) is 10.7 Å². The van der Waals surface area contributed by atoms with Gasteiger partial charge in [0.15, 0.2) is 0 Å². The van der Waals surface area contributed by atoms with Gasteiger partial charge in [-0.3, -0.25) is 13.9 Å². The summed E-state index contributed by atoms with van der Waals surface area (Å²) >= 11 is 5.99. The van der Waals surface area contributed by atoms with Crippen LogP contribution in [-0.4, -0.2) is 43.8 Å². The van der Waals surface area contributed by atoms with E-state index >= 15 is 0 Å². The molecule has 1 fully saturated rings. The van der Waals surface area contributed by atoms with E-state index in [-0.39, 0.29) is 23.4 Å². The predicted octanol–water partition coefficient (Wildman–Crippen LogP) is 5.32. The van der Waals surface area contributed by atoms with E-state index in [0.717, 1.165) is 41.1 Å². The van der Waals surface area contributed by atoms with Crippen LogP contribution in [0.25, 0.3) is 0 Å². The first kappa shape index (κ1) is 28.6. The van der Waals surface area contributed by atoms with Crippen molar-refractivity contribution in [1.82, 2.24) is 10.2 Å². The Bertz CT molecular complexity index is 1390. The molecule has 1 aliphatic carbocycles. The second-order valence-corrected chi connectivity index (χ2v) is 12.3. The zero-order valence-corrected chi connectivity index (χ0v) is 23.8. The molecule has 39 heavy (non-hydrogen) atoms. The van der Waals surface area contributed by atoms with Gasteiger partial charge in [0.25, 0.3) is 10.0 Å². The van der Waals surface area contributed by atoms with Gasteiger partial charge in [0.2, 0.25) is 11.8 Å². The summed E-state index contributed by atoms with van der Waals surface area (Å²) in [4.78, 5) is 28.7. The van der Waals surface area contributed by atoms with E-state index in [1.807, 2.05) is 31.2 Å². The lowest BCUT2D eigenvalue weighted by molar-refractivity contribution is -0.139. The summed E-state index contributed by atoms with van der Waals surface area (Å²) in [5.41, 5.74) is 2.23. The van der Waals surface area contributed by atoms with E-state index in [2.05, 4.69) is 5.32 Å². The van der Waals surface area contributed by atoms with Crippen LogP contribution in [0.15, 0.2) is 83.8 Å². The van der Waals surface area contributed by atoms with Crippen molar-refractivity contribution < 1.29 is 18.0 Å². The van der Waals surface area contributed by atoms with Crippen LogP contribution in [0.2, 0.25) is 5.02 Å². The van der Waals surface area contributed by atoms with Crippen LogP contribution in [0.4, 0.5) is 5.69 Å². The molecule has 4 rings (SSSR count). The molecule has 3 aromatic rings. The maximum absolute atomic E-state index is 14.0. The Morgan fingerprint density at radius 3 is 2.28 bits per heavy atom. The molecule has 0 aromatic heterocycles. The number of benzene rings is 3. The first-order chi connectivity index (χ1) is 18.6. The van der Waals surface area contributed by atoms with Crippen molar-refractivity contribution in [3.63, 3.8) is 0 Å². The van der Waals surface area contributed by atoms with E-state index in [9.17, 15) is 18.0 Å². The molecule has 0 spiro atoms. The standard InChI is InChI=1S/C30H34ClN3O4S/c1-22-9-8-10-24(19-22)20-33(23(2)30(36)32-26-11-6-7-12-26)29(35)21-34(27-13-4-3-5-14-27)39(37,38)28-17-15-25(31)16-18-28/h3-5,8-10,13-19,23,26H,6-7,11-12,20-21H2,1-2H3,(H,32,36)/t23-/m0/s1. The molecule has 0 heterocycles. The second kappa shape index (κ2) is 12.7. The molecule has 0 saturated heterocycles. The van der Waals surface area contributed by atoms with Gasteiger partial charge in [0, 0.05) is 17.6 Å². The third-order valence-electron chi connectivity index (χ3n) is 7.03. The zero-order chi connectivity index (χ0) is 28.0. The molecule has 206 valence electrons. The van der Waals surface area contributed by atoms with Gasteiger partial charge in [-0.2, -0.15) is 0 Å². The number of sulfonamides is 1. The number of hydrogen-bond donors (Lipinski definition) is 1. The van der Waals surface area contributed by atoms with Crippen molar-refractivity contribution in [2.75, 3.05) is 10.8 Å². The number of anilines is 1. The molecule has 0 aliphatic heterocycles. The van der Waals surface area contributed by atoms with Gasteiger partial charge in [-0.05, 0) is 68.7 Å². The molecule has 9 heteroatoms. The fourth-order valence-electron chi connectivity index (χ4n) is 4.84. The van der Waals surface area contributed by atoms with Crippen molar-refractivity contribution in [1.29, 1.82) is 0 Å². The molecular weight excluding hydrogens is 534 g/mol. The first-order valence-electron chi connectivity index (χ1n) is 13.1. The number of carbonyl (C=O) groups is 2. The van der Waals surface area contributed by atoms with E-state index < -0.39 is 28.5 Å². The highest BCUT2D eigenvalue weighted by molar-refractivity contribution is 7.92. The molecule has 3 aromatic carbocycles. The highest BCUT2D eigenvalue weighted by Crippen LogP contribution is 2.25. The minimum absolute atomic E-state index is 0.0146. The lowest BCUT2D eigenvalue weighted by Crippen LogP contribution is -2.52. The SMILES string of the molecule is Cc1cccc(CN(C(=O)CN(c2ccccc2)S(=O)(=O)c2ccc(Cl)cc2)[C@@H](C)C(=O)NC2CCCC2)c1. The van der Waals surface area contributed by atoms with Crippen LogP contribution >= 0.6 is 11.6 Å². The van der Waals surface area contributed by atoms with Crippen LogP contribution in [0, 0.1) is 6.92 Å². The maximum Gasteiger partial charge on any atom is 0.264 e. The summed E-state index contributed by atoms with van der Waals surface area (Å²) in [6.07, 6.45) is 3.98. The van der Waals surface area contributed by atoms with Gasteiger partial charge in [0.1, 0.15) is 12.6 Å². The van der Waals surface area contributed by atoms with Gasteiger partial charge in [0.05, 0.1) is 10.6 Å². The number of para-hydroxylation sites is 1. The average molecular weight is 568 g/mol. The largest absolute Gasteiger partial charge is 0.352 e.